The quantitative estimate of drug-likeness (QED) is 0.787. The third-order valence-electron chi connectivity index (χ3n) is 3.30. The largest absolute Gasteiger partial charge is 0.330 e. The fourth-order valence-electron chi connectivity index (χ4n) is 2.39. The van der Waals surface area contributed by atoms with Crippen LogP contribution in [0.2, 0.25) is 0 Å². The second-order valence-electron chi connectivity index (χ2n) is 4.89. The molecule has 0 amide bonds. The van der Waals surface area contributed by atoms with Crippen LogP contribution in [-0.2, 0) is 13.0 Å². The van der Waals surface area contributed by atoms with Crippen LogP contribution < -0.4 is 5.73 Å². The number of rotatable bonds is 5. The lowest BCUT2D eigenvalue weighted by Gasteiger charge is -2.05. The van der Waals surface area contributed by atoms with E-state index in [1.807, 2.05) is 9.95 Å². The Morgan fingerprint density at radius 1 is 1.33 bits per heavy atom. The fraction of sp³-hybridized carbons (Fsp3) is 0.333. The maximum Gasteiger partial charge on any atom is 0.160 e. The predicted molar refractivity (Wildman–Crippen MR) is 83.8 cm³/mol. The fourth-order valence-corrected chi connectivity index (χ4v) is 3.19. The Balaban J connectivity index is 2.13. The molecule has 0 fully saturated rings. The summed E-state index contributed by atoms with van der Waals surface area (Å²) in [5.41, 5.74) is 8.03. The number of aryl methyl sites for hydroxylation is 1. The Morgan fingerprint density at radius 2 is 2.19 bits per heavy atom. The van der Waals surface area contributed by atoms with Crippen molar-refractivity contribution in [1.29, 1.82) is 0 Å². The van der Waals surface area contributed by atoms with Gasteiger partial charge in [-0.1, -0.05) is 6.92 Å². The zero-order chi connectivity index (χ0) is 14.8. The van der Waals surface area contributed by atoms with E-state index in [4.69, 9.17) is 5.73 Å². The number of aromatic nitrogens is 3. The van der Waals surface area contributed by atoms with Crippen LogP contribution in [-0.4, -0.2) is 21.1 Å². The summed E-state index contributed by atoms with van der Waals surface area (Å²) in [6, 6.07) is 4.69. The Hall–Kier alpha value is -1.79. The van der Waals surface area contributed by atoms with E-state index in [2.05, 4.69) is 16.9 Å². The van der Waals surface area contributed by atoms with Gasteiger partial charge in [0, 0.05) is 18.3 Å². The van der Waals surface area contributed by atoms with Crippen molar-refractivity contribution >= 4 is 22.4 Å². The third-order valence-corrected chi connectivity index (χ3v) is 4.21. The molecule has 2 aromatic heterocycles. The Kier molecular flexibility index (Phi) is 3.98. The predicted octanol–water partition coefficient (Wildman–Crippen LogP) is 3.21. The van der Waals surface area contributed by atoms with E-state index in [-0.39, 0.29) is 5.82 Å². The molecule has 110 valence electrons. The highest BCUT2D eigenvalue weighted by Gasteiger charge is 2.15. The minimum Gasteiger partial charge on any atom is -0.330 e. The number of nitrogens with two attached hydrogens (primary N) is 1. The molecule has 0 spiro atoms. The number of halogens is 1. The first kappa shape index (κ1) is 14.2. The lowest BCUT2D eigenvalue weighted by Crippen LogP contribution is -2.03. The molecular weight excluding hydrogens is 287 g/mol. The molecule has 0 unspecified atom stereocenters. The van der Waals surface area contributed by atoms with Crippen LogP contribution in [0.4, 0.5) is 4.39 Å². The van der Waals surface area contributed by atoms with Crippen LogP contribution in [0.1, 0.15) is 18.4 Å². The number of hydrogen-bond acceptors (Lipinski definition) is 4. The summed E-state index contributed by atoms with van der Waals surface area (Å²) < 4.78 is 15.5. The van der Waals surface area contributed by atoms with E-state index >= 15 is 0 Å². The van der Waals surface area contributed by atoms with Crippen molar-refractivity contribution in [2.75, 3.05) is 6.54 Å². The molecule has 3 rings (SSSR count). The van der Waals surface area contributed by atoms with Crippen molar-refractivity contribution < 1.29 is 4.39 Å². The van der Waals surface area contributed by atoms with Crippen molar-refractivity contribution in [3.05, 3.63) is 34.4 Å². The molecular formula is C15H17FN4S. The summed E-state index contributed by atoms with van der Waals surface area (Å²) in [5, 5.41) is 3.00. The van der Waals surface area contributed by atoms with Crippen LogP contribution in [0.25, 0.3) is 22.6 Å². The minimum atomic E-state index is -0.242. The molecule has 0 atom stereocenters. The highest BCUT2D eigenvalue weighted by Crippen LogP contribution is 2.27. The molecule has 1 aromatic carbocycles. The summed E-state index contributed by atoms with van der Waals surface area (Å²) in [4.78, 5) is 9.22. The minimum absolute atomic E-state index is 0.242. The molecule has 0 aliphatic rings. The standard InChI is InChI=1S/C15H17FN4S/c1-2-7-20-13-8-10(16)3-4-11(13)19-15(20)12-9-21-14(18-12)5-6-17/h3-4,8-9H,2,5-7,17H2,1H3. The van der Waals surface area contributed by atoms with E-state index in [1.165, 1.54) is 12.1 Å². The van der Waals surface area contributed by atoms with E-state index in [9.17, 15) is 4.39 Å². The van der Waals surface area contributed by atoms with Crippen LogP contribution >= 0.6 is 11.3 Å². The second-order valence-corrected chi connectivity index (χ2v) is 5.83. The third kappa shape index (κ3) is 2.69. The average Bonchev–Trinajstić information content (AvgIpc) is 3.05. The molecule has 0 aliphatic carbocycles. The van der Waals surface area contributed by atoms with Gasteiger partial charge in [-0.15, -0.1) is 11.3 Å². The maximum absolute atomic E-state index is 13.5. The Labute approximate surface area is 126 Å². The van der Waals surface area contributed by atoms with Crippen molar-refractivity contribution in [1.82, 2.24) is 14.5 Å². The first-order valence-electron chi connectivity index (χ1n) is 7.03. The highest BCUT2D eigenvalue weighted by atomic mass is 32.1. The van der Waals surface area contributed by atoms with Gasteiger partial charge in [-0.3, -0.25) is 0 Å². The van der Waals surface area contributed by atoms with Crippen molar-refractivity contribution in [3.8, 4) is 11.5 Å². The van der Waals surface area contributed by atoms with Gasteiger partial charge >= 0.3 is 0 Å². The SMILES string of the molecule is CCCn1c(-c2csc(CCN)n2)nc2ccc(F)cc21. The summed E-state index contributed by atoms with van der Waals surface area (Å²) in [6.45, 7) is 3.47. The van der Waals surface area contributed by atoms with Gasteiger partial charge in [0.05, 0.1) is 16.0 Å². The average molecular weight is 304 g/mol. The van der Waals surface area contributed by atoms with Crippen LogP contribution in [0.3, 0.4) is 0 Å². The van der Waals surface area contributed by atoms with Gasteiger partial charge in [0.15, 0.2) is 5.82 Å². The molecule has 21 heavy (non-hydrogen) atoms. The molecule has 2 N–H and O–H groups in total. The van der Waals surface area contributed by atoms with E-state index in [0.717, 1.165) is 46.9 Å². The molecule has 0 saturated carbocycles. The number of benzene rings is 1. The van der Waals surface area contributed by atoms with Gasteiger partial charge in [0.2, 0.25) is 0 Å². The highest BCUT2D eigenvalue weighted by molar-refractivity contribution is 7.09. The lowest BCUT2D eigenvalue weighted by atomic mass is 10.3. The van der Waals surface area contributed by atoms with Gasteiger partial charge in [-0.05, 0) is 31.2 Å². The normalized spacial score (nSPS) is 11.4. The summed E-state index contributed by atoms with van der Waals surface area (Å²) >= 11 is 1.59. The molecule has 6 heteroatoms. The van der Waals surface area contributed by atoms with Crippen LogP contribution in [0, 0.1) is 5.82 Å². The first-order valence-corrected chi connectivity index (χ1v) is 7.91. The van der Waals surface area contributed by atoms with E-state index < -0.39 is 0 Å². The van der Waals surface area contributed by atoms with Gasteiger partial charge in [-0.25, -0.2) is 14.4 Å². The molecule has 0 saturated heterocycles. The Bertz CT molecular complexity index is 762. The van der Waals surface area contributed by atoms with Crippen LogP contribution in [0.15, 0.2) is 23.6 Å². The number of hydrogen-bond donors (Lipinski definition) is 1. The molecule has 0 radical (unpaired) electrons. The van der Waals surface area contributed by atoms with E-state index in [0.29, 0.717) is 6.54 Å². The number of fused-ring (bicyclic) bond motifs is 1. The summed E-state index contributed by atoms with van der Waals surface area (Å²) in [7, 11) is 0. The molecule has 0 aliphatic heterocycles. The maximum atomic E-state index is 13.5. The summed E-state index contributed by atoms with van der Waals surface area (Å²) in [5.74, 6) is 0.561. The van der Waals surface area contributed by atoms with Crippen molar-refractivity contribution in [3.63, 3.8) is 0 Å². The second kappa shape index (κ2) is 5.91. The number of imidazole rings is 1. The van der Waals surface area contributed by atoms with Crippen LogP contribution in [0.5, 0.6) is 0 Å². The zero-order valence-corrected chi connectivity index (χ0v) is 12.7. The van der Waals surface area contributed by atoms with Crippen molar-refractivity contribution in [2.24, 2.45) is 5.73 Å². The zero-order valence-electron chi connectivity index (χ0n) is 11.8. The van der Waals surface area contributed by atoms with Gasteiger partial charge in [-0.2, -0.15) is 0 Å². The van der Waals surface area contributed by atoms with Gasteiger partial charge in [0.25, 0.3) is 0 Å². The van der Waals surface area contributed by atoms with Crippen molar-refractivity contribution in [2.45, 2.75) is 26.3 Å². The molecule has 4 nitrogen and oxygen atoms in total. The first-order chi connectivity index (χ1) is 10.2. The molecule has 0 bridgehead atoms. The van der Waals surface area contributed by atoms with Gasteiger partial charge < -0.3 is 10.3 Å². The number of thiazole rings is 1. The molecule has 2 heterocycles. The van der Waals surface area contributed by atoms with E-state index in [1.54, 1.807) is 17.4 Å². The summed E-state index contributed by atoms with van der Waals surface area (Å²) in [6.07, 6.45) is 1.72. The number of nitrogens with zero attached hydrogens (tertiary/aromatic N) is 3. The van der Waals surface area contributed by atoms with Gasteiger partial charge in [0.1, 0.15) is 11.5 Å². The Morgan fingerprint density at radius 3 is 2.95 bits per heavy atom. The topological polar surface area (TPSA) is 56.7 Å². The smallest absolute Gasteiger partial charge is 0.160 e. The lowest BCUT2D eigenvalue weighted by molar-refractivity contribution is 0.627. The monoisotopic (exact) mass is 304 g/mol. The molecule has 3 aromatic rings.